The summed E-state index contributed by atoms with van der Waals surface area (Å²) >= 11 is 3.33. The summed E-state index contributed by atoms with van der Waals surface area (Å²) < 4.78 is 64.8. The highest BCUT2D eigenvalue weighted by Gasteiger charge is 2.36. The highest BCUT2D eigenvalue weighted by molar-refractivity contribution is 9.10. The van der Waals surface area contributed by atoms with Crippen molar-refractivity contribution >= 4 is 42.7 Å². The maximum atomic E-state index is 12.9. The molecule has 1 saturated carbocycles. The van der Waals surface area contributed by atoms with Gasteiger partial charge < -0.3 is 4.98 Å². The topological polar surface area (TPSA) is 74.8 Å². The smallest absolute Gasteiger partial charge is 0.334 e. The zero-order valence-corrected chi connectivity index (χ0v) is 14.4. The van der Waals surface area contributed by atoms with Crippen molar-refractivity contribution in [2.75, 3.05) is 11.0 Å². The molecule has 0 radical (unpaired) electrons. The van der Waals surface area contributed by atoms with E-state index in [9.17, 15) is 21.6 Å². The second-order valence-corrected chi connectivity index (χ2v) is 8.32. The molecule has 3 rings (SSSR count). The molecule has 23 heavy (non-hydrogen) atoms. The quantitative estimate of drug-likeness (QED) is 0.805. The molecule has 0 unspecified atom stereocenters. The van der Waals surface area contributed by atoms with Crippen molar-refractivity contribution in [3.05, 3.63) is 21.9 Å². The molecule has 1 aliphatic carbocycles. The number of aromatic amines is 1. The molecule has 0 bridgehead atoms. The molecule has 0 saturated heterocycles. The summed E-state index contributed by atoms with van der Waals surface area (Å²) in [7, 11) is -3.66. The fourth-order valence-electron chi connectivity index (χ4n) is 2.40. The number of fused-ring (bicyclic) bond motifs is 1. The van der Waals surface area contributed by atoms with Gasteiger partial charge in [-0.05, 0) is 36.8 Å². The third-order valence-corrected chi connectivity index (χ3v) is 4.86. The van der Waals surface area contributed by atoms with Crippen LogP contribution in [0.2, 0.25) is 0 Å². The average Bonchev–Trinajstić information content (AvgIpc) is 3.08. The summed E-state index contributed by atoms with van der Waals surface area (Å²) in [6.45, 7) is 0. The van der Waals surface area contributed by atoms with Crippen molar-refractivity contribution in [3.63, 3.8) is 0 Å². The molecular formula is C13H13BrF3N3O2S. The fraction of sp³-hybridized carbons (Fsp3) is 0.462. The van der Waals surface area contributed by atoms with Crippen molar-refractivity contribution in [3.8, 4) is 0 Å². The number of halogens is 4. The Morgan fingerprint density at radius 2 is 2.09 bits per heavy atom. The van der Waals surface area contributed by atoms with Crippen LogP contribution in [0.1, 0.15) is 24.2 Å². The van der Waals surface area contributed by atoms with Crippen molar-refractivity contribution in [2.24, 2.45) is 5.92 Å². The lowest BCUT2D eigenvalue weighted by atomic mass is 10.1. The second kappa shape index (κ2) is 5.37. The molecule has 126 valence electrons. The summed E-state index contributed by atoms with van der Waals surface area (Å²) in [6, 6.07) is 1.50. The summed E-state index contributed by atoms with van der Waals surface area (Å²) in [6.07, 6.45) is -1.04. The third kappa shape index (κ3) is 3.63. The van der Waals surface area contributed by atoms with Gasteiger partial charge in [-0.3, -0.25) is 4.72 Å². The summed E-state index contributed by atoms with van der Waals surface area (Å²) in [5, 5.41) is 0. The van der Waals surface area contributed by atoms with E-state index in [0.29, 0.717) is 22.4 Å². The van der Waals surface area contributed by atoms with E-state index in [-0.39, 0.29) is 16.7 Å². The monoisotopic (exact) mass is 411 g/mol. The van der Waals surface area contributed by atoms with Gasteiger partial charge in [0.05, 0.1) is 17.5 Å². The minimum atomic E-state index is -4.63. The fourth-order valence-corrected chi connectivity index (χ4v) is 3.58. The molecule has 0 aliphatic heterocycles. The Balaban J connectivity index is 2.23. The standard InChI is InChI=1S/C13H13BrF3N3O2S/c1-23(21,22)20-10-7(4-6-2-3-6)8(14)5-9-11(10)19-12(18-9)13(15,16)17/h5-6,20H,2-4H2,1H3,(H,18,19). The Morgan fingerprint density at radius 1 is 1.43 bits per heavy atom. The summed E-state index contributed by atoms with van der Waals surface area (Å²) in [5.41, 5.74) is 0.831. The lowest BCUT2D eigenvalue weighted by molar-refractivity contribution is -0.144. The van der Waals surface area contributed by atoms with Crippen LogP contribution in [-0.2, 0) is 22.6 Å². The molecule has 1 aromatic heterocycles. The third-order valence-electron chi connectivity index (χ3n) is 3.58. The van der Waals surface area contributed by atoms with E-state index in [1.807, 2.05) is 0 Å². The molecular weight excluding hydrogens is 399 g/mol. The Hall–Kier alpha value is -1.29. The minimum absolute atomic E-state index is 0.0263. The van der Waals surface area contributed by atoms with Crippen LogP contribution in [0.3, 0.4) is 0 Å². The van der Waals surface area contributed by atoms with Gasteiger partial charge in [-0.25, -0.2) is 13.4 Å². The lowest BCUT2D eigenvalue weighted by Crippen LogP contribution is -2.12. The van der Waals surface area contributed by atoms with Gasteiger partial charge in [0.15, 0.2) is 0 Å². The van der Waals surface area contributed by atoms with Crippen molar-refractivity contribution in [2.45, 2.75) is 25.4 Å². The van der Waals surface area contributed by atoms with E-state index in [2.05, 4.69) is 30.6 Å². The van der Waals surface area contributed by atoms with E-state index >= 15 is 0 Å². The van der Waals surface area contributed by atoms with Crippen LogP contribution in [0.15, 0.2) is 10.5 Å². The average molecular weight is 412 g/mol. The SMILES string of the molecule is CS(=O)(=O)Nc1c(CC2CC2)c(Br)cc2[nH]c(C(F)(F)F)nc12. The van der Waals surface area contributed by atoms with Crippen molar-refractivity contribution in [1.29, 1.82) is 0 Å². The first-order valence-corrected chi connectivity index (χ1v) is 9.49. The Bertz CT molecular complexity index is 873. The molecule has 5 nitrogen and oxygen atoms in total. The zero-order chi connectivity index (χ0) is 17.0. The number of sulfonamides is 1. The molecule has 1 aromatic carbocycles. The van der Waals surface area contributed by atoms with E-state index in [1.54, 1.807) is 0 Å². The van der Waals surface area contributed by atoms with Gasteiger partial charge in [-0.15, -0.1) is 0 Å². The molecule has 0 atom stereocenters. The van der Waals surface area contributed by atoms with Crippen LogP contribution in [0, 0.1) is 5.92 Å². The first-order chi connectivity index (χ1) is 10.5. The van der Waals surface area contributed by atoms with Crippen LogP contribution in [0.5, 0.6) is 0 Å². The highest BCUT2D eigenvalue weighted by Crippen LogP contribution is 2.41. The number of H-pyrrole nitrogens is 1. The van der Waals surface area contributed by atoms with Crippen molar-refractivity contribution < 1.29 is 21.6 Å². The maximum absolute atomic E-state index is 12.9. The molecule has 1 fully saturated rings. The number of nitrogens with one attached hydrogen (secondary N) is 2. The van der Waals surface area contributed by atoms with E-state index in [1.165, 1.54) is 6.07 Å². The number of nitrogens with zero attached hydrogens (tertiary/aromatic N) is 1. The number of imidazole rings is 1. The Kier molecular flexibility index (Phi) is 3.87. The molecule has 1 aliphatic rings. The molecule has 1 heterocycles. The number of hydrogen-bond donors (Lipinski definition) is 2. The predicted molar refractivity (Wildman–Crippen MR) is 83.7 cm³/mol. The number of anilines is 1. The number of alkyl halides is 3. The van der Waals surface area contributed by atoms with E-state index in [0.717, 1.165) is 19.1 Å². The van der Waals surface area contributed by atoms with Gasteiger partial charge in [-0.2, -0.15) is 13.2 Å². The van der Waals surface area contributed by atoms with Crippen LogP contribution in [0.25, 0.3) is 11.0 Å². The normalized spacial score (nSPS) is 16.0. The molecule has 0 amide bonds. The largest absolute Gasteiger partial charge is 0.449 e. The molecule has 0 spiro atoms. The minimum Gasteiger partial charge on any atom is -0.334 e. The van der Waals surface area contributed by atoms with Gasteiger partial charge in [0, 0.05) is 4.47 Å². The highest BCUT2D eigenvalue weighted by atomic mass is 79.9. The Morgan fingerprint density at radius 3 is 2.61 bits per heavy atom. The maximum Gasteiger partial charge on any atom is 0.449 e. The van der Waals surface area contributed by atoms with Gasteiger partial charge in [0.1, 0.15) is 5.52 Å². The zero-order valence-electron chi connectivity index (χ0n) is 12.0. The van der Waals surface area contributed by atoms with Crippen LogP contribution >= 0.6 is 15.9 Å². The number of benzene rings is 1. The van der Waals surface area contributed by atoms with E-state index < -0.39 is 22.0 Å². The molecule has 2 N–H and O–H groups in total. The lowest BCUT2D eigenvalue weighted by Gasteiger charge is -2.13. The number of rotatable bonds is 4. The van der Waals surface area contributed by atoms with Crippen LogP contribution in [0.4, 0.5) is 18.9 Å². The van der Waals surface area contributed by atoms with E-state index in [4.69, 9.17) is 0 Å². The Labute approximate surface area is 138 Å². The predicted octanol–water partition coefficient (Wildman–Crippen LogP) is 3.67. The van der Waals surface area contributed by atoms with Crippen LogP contribution < -0.4 is 4.72 Å². The van der Waals surface area contributed by atoms with Crippen LogP contribution in [-0.4, -0.2) is 24.6 Å². The first-order valence-electron chi connectivity index (χ1n) is 6.80. The number of hydrogen-bond acceptors (Lipinski definition) is 3. The molecule has 2 aromatic rings. The van der Waals surface area contributed by atoms with Crippen molar-refractivity contribution in [1.82, 2.24) is 9.97 Å². The first kappa shape index (κ1) is 16.6. The van der Waals surface area contributed by atoms with Gasteiger partial charge >= 0.3 is 6.18 Å². The molecule has 10 heteroatoms. The summed E-state index contributed by atoms with van der Waals surface area (Å²) in [5.74, 6) is -0.732. The van der Waals surface area contributed by atoms with Gasteiger partial charge in [0.2, 0.25) is 15.8 Å². The van der Waals surface area contributed by atoms with Gasteiger partial charge in [0.25, 0.3) is 0 Å². The second-order valence-electron chi connectivity index (χ2n) is 5.71. The number of aromatic nitrogens is 2. The van der Waals surface area contributed by atoms with Gasteiger partial charge in [-0.1, -0.05) is 15.9 Å². The summed E-state index contributed by atoms with van der Waals surface area (Å²) in [4.78, 5) is 5.77.